The summed E-state index contributed by atoms with van der Waals surface area (Å²) in [6, 6.07) is 15.3. The first-order valence-electron chi connectivity index (χ1n) is 6.66. The molecule has 0 spiro atoms. The van der Waals surface area contributed by atoms with Gasteiger partial charge in [0.1, 0.15) is 12.4 Å². The minimum Gasteiger partial charge on any atom is -2.00 e. The van der Waals surface area contributed by atoms with E-state index in [-0.39, 0.29) is 63.9 Å². The molecule has 0 unspecified atom stereocenters. The molecule has 0 amide bonds. The largest absolute Gasteiger partial charge is 4.00 e. The van der Waals surface area contributed by atoms with Crippen LogP contribution < -0.4 is 4.74 Å². The zero-order valence-electron chi connectivity index (χ0n) is 12.8. The predicted octanol–water partition coefficient (Wildman–Crippen LogP) is 2.27. The van der Waals surface area contributed by atoms with Crippen molar-refractivity contribution in [1.82, 2.24) is 0 Å². The average molecular weight is 364 g/mol. The zero-order valence-corrected chi connectivity index (χ0v) is 14.4. The van der Waals surface area contributed by atoms with Crippen LogP contribution in [0.15, 0.2) is 54.6 Å². The first kappa shape index (κ1) is 24.4. The van der Waals surface area contributed by atoms with Crippen LogP contribution in [0.5, 0.6) is 5.75 Å². The van der Waals surface area contributed by atoms with Crippen molar-refractivity contribution < 1.29 is 52.1 Å². The molecule has 1 N–H and O–H groups in total. The summed E-state index contributed by atoms with van der Waals surface area (Å²) in [4.78, 5) is 24.0. The average Bonchev–Trinajstić information content (AvgIpc) is 2.54. The summed E-state index contributed by atoms with van der Waals surface area (Å²) in [7, 11) is 0. The molecule has 0 aliphatic rings. The fourth-order valence-corrected chi connectivity index (χ4v) is 1.87. The summed E-state index contributed by atoms with van der Waals surface area (Å²) < 4.78 is 5.21. The van der Waals surface area contributed by atoms with E-state index >= 15 is 0 Å². The van der Waals surface area contributed by atoms with E-state index in [1.54, 1.807) is 48.5 Å². The van der Waals surface area contributed by atoms with Gasteiger partial charge in [-0.1, -0.05) is 30.3 Å². The first-order valence-corrected chi connectivity index (χ1v) is 6.66. The van der Waals surface area contributed by atoms with Crippen LogP contribution in [0.25, 0.3) is 0 Å². The summed E-state index contributed by atoms with van der Waals surface area (Å²) >= 11 is 0. The minimum atomic E-state index is -0.224. The van der Waals surface area contributed by atoms with Gasteiger partial charge >= 0.3 is 21.7 Å². The Kier molecular flexibility index (Phi) is 12.8. The van der Waals surface area contributed by atoms with E-state index in [1.165, 1.54) is 0 Å². The number of benzene rings is 2. The van der Waals surface area contributed by atoms with Crippen molar-refractivity contribution in [3.05, 3.63) is 65.7 Å². The Balaban J connectivity index is 0. The van der Waals surface area contributed by atoms with Crippen molar-refractivity contribution >= 4 is 11.6 Å². The molecule has 2 aromatic carbocycles. The Morgan fingerprint density at radius 3 is 1.83 bits per heavy atom. The van der Waals surface area contributed by atoms with Gasteiger partial charge in [0.05, 0.1) is 13.0 Å². The molecule has 0 radical (unpaired) electrons. The number of aliphatic hydroxyl groups is 1. The number of aliphatic hydroxyl groups excluding tert-OH is 1. The fraction of sp³-hybridized carbons (Fsp3) is 0.176. The Bertz CT molecular complexity index is 613. The van der Waals surface area contributed by atoms with Gasteiger partial charge in [0.15, 0.2) is 11.6 Å². The van der Waals surface area contributed by atoms with Crippen molar-refractivity contribution in [2.75, 3.05) is 13.2 Å². The quantitative estimate of drug-likeness (QED) is 0.460. The number of carbonyl (C=O) groups excluding carboxylic acids is 2. The van der Waals surface area contributed by atoms with Crippen LogP contribution in [0, 0.1) is 0 Å². The third kappa shape index (κ3) is 7.17. The van der Waals surface area contributed by atoms with Crippen molar-refractivity contribution in [3.8, 4) is 5.75 Å². The number of hydrogen-bond donors (Lipinski definition) is 1. The second-order valence-corrected chi connectivity index (χ2v) is 4.49. The third-order valence-electron chi connectivity index (χ3n) is 2.95. The van der Waals surface area contributed by atoms with Crippen molar-refractivity contribution in [3.63, 3.8) is 0 Å². The molecule has 0 bridgehead atoms. The summed E-state index contributed by atoms with van der Waals surface area (Å²) in [5.41, 5.74) is 1.00. The number of rotatable bonds is 7. The molecular formula is C17H16O6Ti. The fourth-order valence-electron chi connectivity index (χ4n) is 1.87. The maximum Gasteiger partial charge on any atom is 4.00 e. The second kappa shape index (κ2) is 12.6. The molecule has 6 nitrogen and oxygen atoms in total. The van der Waals surface area contributed by atoms with Gasteiger partial charge in [-0.25, -0.2) is 0 Å². The number of ether oxygens (including phenoxy) is 1. The maximum atomic E-state index is 12.1. The Hall–Kier alpha value is -1.83. The van der Waals surface area contributed by atoms with Gasteiger partial charge in [-0.15, -0.1) is 0 Å². The van der Waals surface area contributed by atoms with Crippen LogP contribution in [0.1, 0.15) is 27.1 Å². The number of Topliss-reactive ketones (excluding diaryl/α,β-unsaturated/α-hetero) is 2. The molecule has 2 rings (SSSR count). The molecular weight excluding hydrogens is 348 g/mol. The van der Waals surface area contributed by atoms with Gasteiger partial charge in [-0.05, 0) is 24.3 Å². The Labute approximate surface area is 155 Å². The van der Waals surface area contributed by atoms with Crippen LogP contribution >= 0.6 is 0 Å². The van der Waals surface area contributed by atoms with Gasteiger partial charge in [0.25, 0.3) is 0 Å². The van der Waals surface area contributed by atoms with Gasteiger partial charge in [0, 0.05) is 11.1 Å². The van der Waals surface area contributed by atoms with E-state index < -0.39 is 0 Å². The Morgan fingerprint density at radius 1 is 0.833 bits per heavy atom. The van der Waals surface area contributed by atoms with Crippen LogP contribution in [0.2, 0.25) is 0 Å². The van der Waals surface area contributed by atoms with E-state index in [9.17, 15) is 9.59 Å². The number of hydrogen-bond acceptors (Lipinski definition) is 4. The van der Waals surface area contributed by atoms with Gasteiger partial charge < -0.3 is 20.8 Å². The summed E-state index contributed by atoms with van der Waals surface area (Å²) in [5.74, 6) is 0.161. The number of carbonyl (C=O) groups is 2. The van der Waals surface area contributed by atoms with Crippen molar-refractivity contribution in [2.45, 2.75) is 6.42 Å². The van der Waals surface area contributed by atoms with Crippen molar-refractivity contribution in [2.24, 2.45) is 0 Å². The van der Waals surface area contributed by atoms with Gasteiger partial charge in [-0.3, -0.25) is 9.59 Å². The van der Waals surface area contributed by atoms with Crippen LogP contribution in [0.3, 0.4) is 0 Å². The second-order valence-electron chi connectivity index (χ2n) is 4.49. The molecule has 124 valence electrons. The van der Waals surface area contributed by atoms with E-state index in [1.807, 2.05) is 6.07 Å². The first-order chi connectivity index (χ1) is 10.2. The van der Waals surface area contributed by atoms with E-state index in [0.29, 0.717) is 16.9 Å². The van der Waals surface area contributed by atoms with E-state index in [4.69, 9.17) is 9.84 Å². The molecule has 0 aliphatic heterocycles. The molecule has 0 aliphatic carbocycles. The van der Waals surface area contributed by atoms with E-state index in [0.717, 1.165) is 0 Å². The molecule has 0 fully saturated rings. The standard InChI is InChI=1S/C17H16O4.2O.Ti/c18-10-11-21-15-8-6-14(7-9-15)17(20)12-16(19)13-4-2-1-3-5-13;;;/h1-9,18H,10-12H2;;;/q;2*-2;+4. The van der Waals surface area contributed by atoms with Gasteiger partial charge in [-0.2, -0.15) is 0 Å². The monoisotopic (exact) mass is 364 g/mol. The van der Waals surface area contributed by atoms with E-state index in [2.05, 4.69) is 0 Å². The third-order valence-corrected chi connectivity index (χ3v) is 2.95. The Morgan fingerprint density at radius 2 is 1.33 bits per heavy atom. The molecule has 0 atom stereocenters. The summed E-state index contributed by atoms with van der Waals surface area (Å²) in [5, 5.41) is 8.66. The molecule has 0 aromatic heterocycles. The van der Waals surface area contributed by atoms with Crippen LogP contribution in [0.4, 0.5) is 0 Å². The summed E-state index contributed by atoms with van der Waals surface area (Å²) in [6.07, 6.45) is -0.152. The normalized spacial score (nSPS) is 8.88. The van der Waals surface area contributed by atoms with Crippen LogP contribution in [-0.2, 0) is 32.7 Å². The molecule has 2 aromatic rings. The zero-order chi connectivity index (χ0) is 15.1. The van der Waals surface area contributed by atoms with Crippen molar-refractivity contribution in [1.29, 1.82) is 0 Å². The topological polar surface area (TPSA) is 121 Å². The smallest absolute Gasteiger partial charge is 2.00 e. The molecule has 24 heavy (non-hydrogen) atoms. The predicted molar refractivity (Wildman–Crippen MR) is 80.1 cm³/mol. The molecule has 0 heterocycles. The van der Waals surface area contributed by atoms with Crippen LogP contribution in [-0.4, -0.2) is 29.9 Å². The summed E-state index contributed by atoms with van der Waals surface area (Å²) in [6.45, 7) is 0.145. The minimum absolute atomic E-state index is 0. The number of ketones is 2. The molecule has 0 saturated heterocycles. The maximum absolute atomic E-state index is 12.1. The molecule has 0 saturated carbocycles. The van der Waals surface area contributed by atoms with Gasteiger partial charge in [0.2, 0.25) is 0 Å². The SMILES string of the molecule is O=C(CC(=O)c1ccc(OCCO)cc1)c1ccccc1.[O-2].[O-2].[Ti+4]. The molecule has 7 heteroatoms.